The molecule has 0 heterocycles. The maximum absolute atomic E-state index is 13.1. The number of hydrogen-bond acceptors (Lipinski definition) is 3. The number of halogens is 1. The number of Topliss-reactive ketones (excluding diaryl/α,β-unsaturated/α-hetero) is 2. The summed E-state index contributed by atoms with van der Waals surface area (Å²) in [5, 5.41) is 0. The first-order valence-corrected chi connectivity index (χ1v) is 10.7. The van der Waals surface area contributed by atoms with E-state index in [-0.39, 0.29) is 11.6 Å². The Bertz CT molecular complexity index is 654. The zero-order valence-corrected chi connectivity index (χ0v) is 17.6. The molecule has 142 valence electrons. The molecule has 0 fully saturated rings. The van der Waals surface area contributed by atoms with Crippen LogP contribution in [0.25, 0.3) is 0 Å². The highest BCUT2D eigenvalue weighted by molar-refractivity contribution is 9.12. The van der Waals surface area contributed by atoms with Gasteiger partial charge in [0.05, 0.1) is 4.48 Å². The molecule has 0 aliphatic heterocycles. The summed E-state index contributed by atoms with van der Waals surface area (Å²) in [6, 6.07) is 7.14. The van der Waals surface area contributed by atoms with Gasteiger partial charge in [0.1, 0.15) is 5.70 Å². The SMILES string of the molecule is CCCCCCN(CCCCCC)C1=C(Br)C(=O)c2ccccc2C1=O. The smallest absolute Gasteiger partial charge is 0.211 e. The van der Waals surface area contributed by atoms with E-state index < -0.39 is 0 Å². The van der Waals surface area contributed by atoms with Crippen LogP contribution in [0.5, 0.6) is 0 Å². The van der Waals surface area contributed by atoms with Crippen LogP contribution in [0.2, 0.25) is 0 Å². The first-order chi connectivity index (χ1) is 12.6. The van der Waals surface area contributed by atoms with Crippen molar-refractivity contribution in [3.05, 3.63) is 45.6 Å². The van der Waals surface area contributed by atoms with Crippen molar-refractivity contribution in [2.75, 3.05) is 13.1 Å². The molecular formula is C22H30BrNO2. The predicted molar refractivity (Wildman–Crippen MR) is 111 cm³/mol. The van der Waals surface area contributed by atoms with Crippen molar-refractivity contribution < 1.29 is 9.59 Å². The molecule has 0 saturated heterocycles. The van der Waals surface area contributed by atoms with E-state index in [0.717, 1.165) is 38.8 Å². The second kappa shape index (κ2) is 10.7. The summed E-state index contributed by atoms with van der Waals surface area (Å²) in [4.78, 5) is 28.0. The van der Waals surface area contributed by atoms with Crippen LogP contribution in [-0.2, 0) is 0 Å². The zero-order chi connectivity index (χ0) is 18.9. The van der Waals surface area contributed by atoms with Crippen molar-refractivity contribution >= 4 is 27.5 Å². The number of unbranched alkanes of at least 4 members (excludes halogenated alkanes) is 6. The summed E-state index contributed by atoms with van der Waals surface area (Å²) in [5.74, 6) is -0.111. The number of fused-ring (bicyclic) bond motifs is 1. The molecule has 0 aromatic heterocycles. The highest BCUT2D eigenvalue weighted by atomic mass is 79.9. The summed E-state index contributed by atoms with van der Waals surface area (Å²) in [6.07, 6.45) is 9.21. The van der Waals surface area contributed by atoms with E-state index in [9.17, 15) is 9.59 Å². The average Bonchev–Trinajstić information content (AvgIpc) is 2.66. The van der Waals surface area contributed by atoms with Crippen molar-refractivity contribution in [3.63, 3.8) is 0 Å². The van der Waals surface area contributed by atoms with Gasteiger partial charge in [-0.05, 0) is 28.8 Å². The van der Waals surface area contributed by atoms with Gasteiger partial charge in [-0.15, -0.1) is 0 Å². The summed E-state index contributed by atoms with van der Waals surface area (Å²) in [7, 11) is 0. The standard InChI is InChI=1S/C22H30BrNO2/c1-3-5-7-11-15-24(16-12-8-6-4-2)20-19(23)21(25)17-13-9-10-14-18(17)22(20)26/h9-10,13-14H,3-8,11-12,15-16H2,1-2H3. The van der Waals surface area contributed by atoms with Crippen molar-refractivity contribution in [2.24, 2.45) is 0 Å². The fraction of sp³-hybridized carbons (Fsp3) is 0.545. The number of nitrogens with zero attached hydrogens (tertiary/aromatic N) is 1. The van der Waals surface area contributed by atoms with E-state index in [0.29, 0.717) is 21.3 Å². The van der Waals surface area contributed by atoms with Crippen LogP contribution in [0.4, 0.5) is 0 Å². The van der Waals surface area contributed by atoms with Gasteiger partial charge in [0.15, 0.2) is 0 Å². The molecule has 2 rings (SSSR count). The summed E-state index contributed by atoms with van der Waals surface area (Å²) in [5.41, 5.74) is 1.59. The molecule has 0 spiro atoms. The lowest BCUT2D eigenvalue weighted by Gasteiger charge is -2.30. The van der Waals surface area contributed by atoms with Crippen LogP contribution in [0.15, 0.2) is 34.4 Å². The molecule has 0 bridgehead atoms. The molecule has 1 aliphatic rings. The molecule has 1 aromatic rings. The number of carbonyl (C=O) groups is 2. The fourth-order valence-corrected chi connectivity index (χ4v) is 4.05. The quantitative estimate of drug-likeness (QED) is 0.404. The minimum Gasteiger partial charge on any atom is -0.367 e. The summed E-state index contributed by atoms with van der Waals surface area (Å²) >= 11 is 3.44. The maximum Gasteiger partial charge on any atom is 0.211 e. The van der Waals surface area contributed by atoms with Crippen LogP contribution in [0, 0.1) is 0 Å². The van der Waals surface area contributed by atoms with Gasteiger partial charge < -0.3 is 4.90 Å². The van der Waals surface area contributed by atoms with Crippen LogP contribution in [-0.4, -0.2) is 29.6 Å². The van der Waals surface area contributed by atoms with Crippen molar-refractivity contribution in [1.29, 1.82) is 0 Å². The lowest BCUT2D eigenvalue weighted by Crippen LogP contribution is -2.34. The molecule has 0 unspecified atom stereocenters. The van der Waals surface area contributed by atoms with Gasteiger partial charge >= 0.3 is 0 Å². The molecule has 26 heavy (non-hydrogen) atoms. The first-order valence-electron chi connectivity index (χ1n) is 9.94. The minimum absolute atomic E-state index is 0.0296. The average molecular weight is 420 g/mol. The normalized spacial score (nSPS) is 14.0. The fourth-order valence-electron chi connectivity index (χ4n) is 3.41. The maximum atomic E-state index is 13.1. The van der Waals surface area contributed by atoms with Crippen molar-refractivity contribution in [3.8, 4) is 0 Å². The molecule has 0 amide bonds. The topological polar surface area (TPSA) is 37.4 Å². The van der Waals surface area contributed by atoms with Crippen molar-refractivity contribution in [1.82, 2.24) is 4.90 Å². The summed E-state index contributed by atoms with van der Waals surface area (Å²) < 4.78 is 0.423. The van der Waals surface area contributed by atoms with Crippen LogP contribution < -0.4 is 0 Å². The Kier molecular flexibility index (Phi) is 8.56. The van der Waals surface area contributed by atoms with Gasteiger partial charge in [-0.2, -0.15) is 0 Å². The number of rotatable bonds is 11. The number of benzene rings is 1. The Labute approximate surface area is 166 Å². The molecule has 3 nitrogen and oxygen atoms in total. The second-order valence-electron chi connectivity index (χ2n) is 6.97. The third-order valence-corrected chi connectivity index (χ3v) is 5.65. The molecule has 1 aromatic carbocycles. The third kappa shape index (κ3) is 5.06. The van der Waals surface area contributed by atoms with E-state index >= 15 is 0 Å². The third-order valence-electron chi connectivity index (χ3n) is 4.92. The molecule has 0 radical (unpaired) electrons. The Morgan fingerprint density at radius 1 is 0.769 bits per heavy atom. The Hall–Kier alpha value is -1.42. The first kappa shape index (κ1) is 20.9. The minimum atomic E-state index is -0.0812. The molecule has 0 N–H and O–H groups in total. The lowest BCUT2D eigenvalue weighted by molar-refractivity contribution is 0.0946. The Morgan fingerprint density at radius 3 is 1.77 bits per heavy atom. The molecule has 4 heteroatoms. The van der Waals surface area contributed by atoms with E-state index in [4.69, 9.17) is 0 Å². The van der Waals surface area contributed by atoms with E-state index in [1.165, 1.54) is 25.7 Å². The molecule has 0 saturated carbocycles. The van der Waals surface area contributed by atoms with Gasteiger partial charge in [-0.1, -0.05) is 76.6 Å². The van der Waals surface area contributed by atoms with Gasteiger partial charge in [0, 0.05) is 24.2 Å². The molecular weight excluding hydrogens is 390 g/mol. The van der Waals surface area contributed by atoms with E-state index in [1.54, 1.807) is 12.1 Å². The van der Waals surface area contributed by atoms with Gasteiger partial charge in [-0.3, -0.25) is 9.59 Å². The van der Waals surface area contributed by atoms with E-state index in [2.05, 4.69) is 34.7 Å². The highest BCUT2D eigenvalue weighted by Gasteiger charge is 2.33. The number of carbonyl (C=O) groups excluding carboxylic acids is 2. The van der Waals surface area contributed by atoms with Crippen LogP contribution in [0.1, 0.15) is 85.9 Å². The van der Waals surface area contributed by atoms with Gasteiger partial charge in [-0.25, -0.2) is 0 Å². The van der Waals surface area contributed by atoms with Gasteiger partial charge in [0.2, 0.25) is 11.6 Å². The number of hydrogen-bond donors (Lipinski definition) is 0. The Morgan fingerprint density at radius 2 is 1.27 bits per heavy atom. The molecule has 1 aliphatic carbocycles. The Balaban J connectivity index is 2.22. The molecule has 0 atom stereocenters. The van der Waals surface area contributed by atoms with Crippen LogP contribution in [0.3, 0.4) is 0 Å². The second-order valence-corrected chi connectivity index (χ2v) is 7.77. The number of allylic oxidation sites excluding steroid dienone is 2. The van der Waals surface area contributed by atoms with Crippen LogP contribution >= 0.6 is 15.9 Å². The largest absolute Gasteiger partial charge is 0.367 e. The summed E-state index contributed by atoms with van der Waals surface area (Å²) in [6.45, 7) is 6.05. The lowest BCUT2D eigenvalue weighted by atomic mass is 9.92. The number of ketones is 2. The highest BCUT2D eigenvalue weighted by Crippen LogP contribution is 2.32. The van der Waals surface area contributed by atoms with E-state index in [1.807, 2.05) is 12.1 Å². The van der Waals surface area contributed by atoms with Gasteiger partial charge in [0.25, 0.3) is 0 Å². The zero-order valence-electron chi connectivity index (χ0n) is 16.0. The monoisotopic (exact) mass is 419 g/mol. The predicted octanol–water partition coefficient (Wildman–Crippen LogP) is 6.13. The van der Waals surface area contributed by atoms with Crippen molar-refractivity contribution in [2.45, 2.75) is 65.2 Å².